The topological polar surface area (TPSA) is 220 Å². The van der Waals surface area contributed by atoms with Gasteiger partial charge in [0.15, 0.2) is 0 Å². The number of anilines is 7. The Balaban J connectivity index is 0.000000172. The number of carbonyl (C=O) groups is 3. The first-order chi connectivity index (χ1) is 38.0. The van der Waals surface area contributed by atoms with E-state index >= 15 is 0 Å². The molecule has 79 heavy (non-hydrogen) atoms. The SMILES string of the molecule is COc1cccc(NC(=O)c2ccc(N3CCCC3)c(C(F)(F)F)c2)c1.COc1cccc(NC(=O)c2ccc(N3CCCCC3)c([N+](=O)[O-])c2)c1.COc1cccc(NC(=O)c2ccc(Nc3ccccc3)c([N+](=O)[O-])c2)c1. The van der Waals surface area contributed by atoms with E-state index in [4.69, 9.17) is 14.2 Å². The molecule has 0 bridgehead atoms. The van der Waals surface area contributed by atoms with Gasteiger partial charge in [-0.05, 0) is 123 Å². The van der Waals surface area contributed by atoms with E-state index in [2.05, 4.69) is 21.3 Å². The Morgan fingerprint density at radius 1 is 0.468 bits per heavy atom. The lowest BCUT2D eigenvalue weighted by molar-refractivity contribution is -0.384. The first-order valence-electron chi connectivity index (χ1n) is 25.0. The fourth-order valence-corrected chi connectivity index (χ4v) is 8.67. The van der Waals surface area contributed by atoms with Gasteiger partial charge in [0.25, 0.3) is 29.1 Å². The number of ether oxygens (including phenoxy) is 3. The summed E-state index contributed by atoms with van der Waals surface area (Å²) in [5.74, 6) is 0.319. The minimum atomic E-state index is -4.52. The molecule has 410 valence electrons. The Morgan fingerprint density at radius 2 is 0.861 bits per heavy atom. The van der Waals surface area contributed by atoms with Gasteiger partial charge in [-0.25, -0.2) is 0 Å². The zero-order chi connectivity index (χ0) is 56.5. The summed E-state index contributed by atoms with van der Waals surface area (Å²) in [4.78, 5) is 63.1. The van der Waals surface area contributed by atoms with Crippen molar-refractivity contribution >= 4 is 68.9 Å². The van der Waals surface area contributed by atoms with Gasteiger partial charge >= 0.3 is 6.18 Å². The van der Waals surface area contributed by atoms with Crippen LogP contribution in [0.4, 0.5) is 64.4 Å². The van der Waals surface area contributed by atoms with Crippen molar-refractivity contribution in [2.75, 3.05) is 78.6 Å². The van der Waals surface area contributed by atoms with Crippen molar-refractivity contribution in [1.82, 2.24) is 0 Å². The summed E-state index contributed by atoms with van der Waals surface area (Å²) in [6.45, 7) is 2.79. The number of para-hydroxylation sites is 1. The largest absolute Gasteiger partial charge is 0.497 e. The highest BCUT2D eigenvalue weighted by Gasteiger charge is 2.36. The number of nitro benzene ring substituents is 2. The van der Waals surface area contributed by atoms with Crippen LogP contribution in [0.2, 0.25) is 0 Å². The summed E-state index contributed by atoms with van der Waals surface area (Å²) < 4.78 is 55.8. The summed E-state index contributed by atoms with van der Waals surface area (Å²) in [7, 11) is 4.57. The van der Waals surface area contributed by atoms with Crippen molar-refractivity contribution in [3.63, 3.8) is 0 Å². The number of nitro groups is 2. The van der Waals surface area contributed by atoms with Crippen molar-refractivity contribution in [1.29, 1.82) is 0 Å². The number of benzene rings is 7. The molecule has 2 aliphatic rings. The predicted octanol–water partition coefficient (Wildman–Crippen LogP) is 13.0. The number of piperidine rings is 1. The molecule has 3 amide bonds. The van der Waals surface area contributed by atoms with Gasteiger partial charge in [-0.15, -0.1) is 0 Å². The van der Waals surface area contributed by atoms with Crippen LogP contribution in [0.15, 0.2) is 158 Å². The molecule has 0 saturated carbocycles. The van der Waals surface area contributed by atoms with E-state index in [1.807, 2.05) is 23.1 Å². The molecule has 0 unspecified atom stereocenters. The highest BCUT2D eigenvalue weighted by atomic mass is 19.4. The van der Waals surface area contributed by atoms with Gasteiger partial charge in [0.1, 0.15) is 28.6 Å². The number of hydrogen-bond acceptors (Lipinski definition) is 13. The van der Waals surface area contributed by atoms with Crippen LogP contribution in [-0.2, 0) is 6.18 Å². The van der Waals surface area contributed by atoms with E-state index in [1.54, 1.807) is 109 Å². The fraction of sp³-hybridized carbons (Fsp3) is 0.224. The van der Waals surface area contributed by atoms with Crippen LogP contribution in [0.5, 0.6) is 17.2 Å². The van der Waals surface area contributed by atoms with E-state index < -0.39 is 39.3 Å². The lowest BCUT2D eigenvalue weighted by Gasteiger charge is -2.28. The van der Waals surface area contributed by atoms with Crippen molar-refractivity contribution < 1.29 is 51.6 Å². The van der Waals surface area contributed by atoms with Crippen molar-refractivity contribution in [3.05, 3.63) is 200 Å². The maximum absolute atomic E-state index is 13.5. The number of hydrogen-bond donors (Lipinski definition) is 4. The summed E-state index contributed by atoms with van der Waals surface area (Å²) in [6, 6.07) is 42.2. The minimum absolute atomic E-state index is 0.0369. The molecule has 2 saturated heterocycles. The summed E-state index contributed by atoms with van der Waals surface area (Å²) >= 11 is 0. The van der Waals surface area contributed by atoms with E-state index in [0.717, 1.165) is 51.3 Å². The van der Waals surface area contributed by atoms with Gasteiger partial charge < -0.3 is 45.3 Å². The molecule has 0 aliphatic carbocycles. The van der Waals surface area contributed by atoms with Crippen LogP contribution >= 0.6 is 0 Å². The van der Waals surface area contributed by atoms with Gasteiger partial charge in [0.2, 0.25) is 0 Å². The molecule has 7 aromatic carbocycles. The van der Waals surface area contributed by atoms with Crippen LogP contribution in [-0.4, -0.2) is 75.1 Å². The number of amides is 3. The number of alkyl halides is 3. The summed E-state index contributed by atoms with van der Waals surface area (Å²) in [5.41, 5.74) is 2.68. The number of halogens is 3. The van der Waals surface area contributed by atoms with Crippen LogP contribution in [0.3, 0.4) is 0 Å². The second-order valence-corrected chi connectivity index (χ2v) is 18.0. The second kappa shape index (κ2) is 26.9. The summed E-state index contributed by atoms with van der Waals surface area (Å²) in [6.07, 6.45) is 0.407. The van der Waals surface area contributed by atoms with Crippen LogP contribution in [0.1, 0.15) is 68.7 Å². The Morgan fingerprint density at radius 3 is 1.30 bits per heavy atom. The molecule has 0 radical (unpaired) electrons. The van der Waals surface area contributed by atoms with E-state index in [1.165, 1.54) is 50.6 Å². The van der Waals surface area contributed by atoms with Gasteiger partial charge in [-0.3, -0.25) is 34.6 Å². The second-order valence-electron chi connectivity index (χ2n) is 18.0. The molecule has 2 fully saturated rings. The highest BCUT2D eigenvalue weighted by Crippen LogP contribution is 2.39. The summed E-state index contributed by atoms with van der Waals surface area (Å²) in [5, 5.41) is 34.0. The monoisotopic (exact) mass is 1080 g/mol. The Bertz CT molecular complexity index is 3280. The zero-order valence-corrected chi connectivity index (χ0v) is 43.4. The third-order valence-electron chi connectivity index (χ3n) is 12.6. The Labute approximate surface area is 453 Å². The van der Waals surface area contributed by atoms with Crippen LogP contribution in [0.25, 0.3) is 0 Å². The van der Waals surface area contributed by atoms with Gasteiger partial charge in [0.05, 0.1) is 36.7 Å². The standard InChI is InChI=1S/C20H17N3O4.C19H19F3N2O2.C19H21N3O4/c1-27-17-9-5-8-16(13-17)22-20(24)14-10-11-18(19(12-14)23(25)26)21-15-6-3-2-4-7-15;1-26-15-6-4-5-14(12-15)23-18(25)13-7-8-17(24-9-2-3-10-24)16(11-13)19(20,21)22;1-26-16-7-5-6-15(13-16)20-19(23)14-8-9-17(18(12-14)22(24)25)21-10-3-2-4-11-21/h2-13,21H,1H3,(H,22,24);4-8,11-12H,2-3,9-10H2,1H3,(H,23,25);5-9,12-13H,2-4,10-11H2,1H3,(H,20,23). The third kappa shape index (κ3) is 15.7. The van der Waals surface area contributed by atoms with E-state index in [9.17, 15) is 47.8 Å². The lowest BCUT2D eigenvalue weighted by Crippen LogP contribution is -2.30. The van der Waals surface area contributed by atoms with Crippen LogP contribution < -0.4 is 45.3 Å². The molecule has 9 rings (SSSR count). The molecule has 18 nitrogen and oxygen atoms in total. The minimum Gasteiger partial charge on any atom is -0.497 e. The maximum Gasteiger partial charge on any atom is 0.418 e. The quantitative estimate of drug-likeness (QED) is 0.0555. The lowest BCUT2D eigenvalue weighted by atomic mass is 10.1. The number of methoxy groups -OCH3 is 3. The Kier molecular flexibility index (Phi) is 19.4. The van der Waals surface area contributed by atoms with Gasteiger partial charge in [0, 0.05) is 102 Å². The van der Waals surface area contributed by atoms with E-state index in [-0.39, 0.29) is 33.8 Å². The van der Waals surface area contributed by atoms with Crippen molar-refractivity contribution in [2.45, 2.75) is 38.3 Å². The van der Waals surface area contributed by atoms with Crippen molar-refractivity contribution in [3.8, 4) is 17.2 Å². The highest BCUT2D eigenvalue weighted by molar-refractivity contribution is 6.06. The predicted molar refractivity (Wildman–Crippen MR) is 298 cm³/mol. The number of carbonyl (C=O) groups excluding carboxylic acids is 3. The van der Waals surface area contributed by atoms with E-state index in [0.29, 0.717) is 64.5 Å². The molecule has 0 atom stereocenters. The maximum atomic E-state index is 13.5. The first-order valence-corrected chi connectivity index (χ1v) is 25.0. The first kappa shape index (κ1) is 57.1. The molecular weight excluding hydrogens is 1030 g/mol. The van der Waals surface area contributed by atoms with Gasteiger partial charge in [-0.2, -0.15) is 13.2 Å². The average Bonchev–Trinajstić information content (AvgIpc) is 4.01. The number of nitrogens with one attached hydrogen (secondary N) is 4. The zero-order valence-electron chi connectivity index (χ0n) is 43.4. The molecule has 4 N–H and O–H groups in total. The molecule has 2 heterocycles. The normalized spacial score (nSPS) is 12.8. The average molecular weight is 1080 g/mol. The fourth-order valence-electron chi connectivity index (χ4n) is 8.67. The molecule has 21 heteroatoms. The molecular formula is C58H57F3N8O10. The molecule has 7 aromatic rings. The third-order valence-corrected chi connectivity index (χ3v) is 12.6. The molecule has 0 aromatic heterocycles. The smallest absolute Gasteiger partial charge is 0.418 e. The molecule has 0 spiro atoms. The number of rotatable bonds is 15. The van der Waals surface area contributed by atoms with Crippen molar-refractivity contribution in [2.24, 2.45) is 0 Å². The van der Waals surface area contributed by atoms with Crippen LogP contribution in [0, 0.1) is 20.2 Å². The van der Waals surface area contributed by atoms with Gasteiger partial charge in [-0.1, -0.05) is 36.4 Å². The molecule has 2 aliphatic heterocycles. The number of nitrogens with zero attached hydrogens (tertiary/aromatic N) is 4. The Hall–Kier alpha value is -9.66.